The van der Waals surface area contributed by atoms with Gasteiger partial charge in [-0.25, -0.2) is 0 Å². The summed E-state index contributed by atoms with van der Waals surface area (Å²) in [6.07, 6.45) is 2.75. The Balaban J connectivity index is 2.26. The lowest BCUT2D eigenvalue weighted by Gasteiger charge is -2.26. The number of hydrogen-bond donors (Lipinski definition) is 1. The van der Waals surface area contributed by atoms with Gasteiger partial charge in [0.15, 0.2) is 0 Å². The maximum Gasteiger partial charge on any atom is 0.312 e. The smallest absolute Gasteiger partial charge is 0.312 e. The van der Waals surface area contributed by atoms with Crippen molar-refractivity contribution in [1.29, 1.82) is 0 Å². The van der Waals surface area contributed by atoms with Crippen LogP contribution in [0.3, 0.4) is 0 Å². The molecule has 3 heteroatoms. The highest BCUT2D eigenvalue weighted by Crippen LogP contribution is 2.53. The van der Waals surface area contributed by atoms with E-state index in [4.69, 9.17) is 9.84 Å². The van der Waals surface area contributed by atoms with Crippen molar-refractivity contribution in [2.24, 2.45) is 11.3 Å². The maximum atomic E-state index is 11.1. The van der Waals surface area contributed by atoms with E-state index >= 15 is 0 Å². The van der Waals surface area contributed by atoms with E-state index in [1.54, 1.807) is 0 Å². The van der Waals surface area contributed by atoms with E-state index in [0.29, 0.717) is 18.9 Å². The maximum absolute atomic E-state index is 11.1. The summed E-state index contributed by atoms with van der Waals surface area (Å²) in [5, 5.41) is 9.16. The highest BCUT2D eigenvalue weighted by atomic mass is 16.5. The lowest BCUT2D eigenvalue weighted by Crippen LogP contribution is -2.39. The van der Waals surface area contributed by atoms with Crippen LogP contribution in [0.25, 0.3) is 0 Å². The van der Waals surface area contributed by atoms with Crippen LogP contribution >= 0.6 is 0 Å². The zero-order chi connectivity index (χ0) is 8.77. The van der Waals surface area contributed by atoms with Crippen molar-refractivity contribution in [3.8, 4) is 0 Å². The molecule has 0 radical (unpaired) electrons. The minimum absolute atomic E-state index is 0.0949. The number of carboxylic acid groups (broad SMARTS) is 1. The molecule has 2 atom stereocenters. The second-order valence-corrected chi connectivity index (χ2v) is 3.88. The fourth-order valence-corrected chi connectivity index (χ4v) is 2.35. The number of rotatable bonds is 2. The summed E-state index contributed by atoms with van der Waals surface area (Å²) >= 11 is 0. The van der Waals surface area contributed by atoms with E-state index in [1.165, 1.54) is 0 Å². The monoisotopic (exact) mass is 170 g/mol. The molecule has 0 aromatic heterocycles. The molecule has 0 amide bonds. The first-order valence-corrected chi connectivity index (χ1v) is 4.53. The highest BCUT2D eigenvalue weighted by molar-refractivity contribution is 5.76. The summed E-state index contributed by atoms with van der Waals surface area (Å²) in [4.78, 5) is 11.1. The molecule has 1 N–H and O–H groups in total. The fraction of sp³-hybridized carbons (Fsp3) is 0.889. The van der Waals surface area contributed by atoms with Gasteiger partial charge in [-0.2, -0.15) is 0 Å². The predicted molar refractivity (Wildman–Crippen MR) is 42.8 cm³/mol. The Morgan fingerprint density at radius 2 is 2.25 bits per heavy atom. The highest BCUT2D eigenvalue weighted by Gasteiger charge is 2.57. The van der Waals surface area contributed by atoms with Gasteiger partial charge in [-0.15, -0.1) is 0 Å². The van der Waals surface area contributed by atoms with Crippen molar-refractivity contribution in [3.63, 3.8) is 0 Å². The third-order valence-electron chi connectivity index (χ3n) is 3.31. The molecule has 0 bridgehead atoms. The van der Waals surface area contributed by atoms with Crippen LogP contribution in [0.1, 0.15) is 26.2 Å². The molecular formula is C9H14O3. The number of hydrogen-bond acceptors (Lipinski definition) is 2. The fourth-order valence-electron chi connectivity index (χ4n) is 2.35. The predicted octanol–water partition coefficient (Wildman–Crippen LogP) is 1.28. The summed E-state index contributed by atoms with van der Waals surface area (Å²) in [7, 11) is 0. The van der Waals surface area contributed by atoms with Gasteiger partial charge in [0.2, 0.25) is 0 Å². The second-order valence-electron chi connectivity index (χ2n) is 3.88. The second kappa shape index (κ2) is 2.46. The Morgan fingerprint density at radius 3 is 2.58 bits per heavy atom. The molecule has 68 valence electrons. The molecule has 2 aliphatic rings. The standard InChI is InChI=1S/C9H14O3/c1-6-9(8(10)11,4-5-12-6)7-2-3-7/h6-7H,2-5H2,1H3,(H,10,11). The van der Waals surface area contributed by atoms with Crippen LogP contribution in [0, 0.1) is 11.3 Å². The topological polar surface area (TPSA) is 46.5 Å². The molecule has 2 fully saturated rings. The molecule has 1 aliphatic carbocycles. The van der Waals surface area contributed by atoms with E-state index in [1.807, 2.05) is 6.92 Å². The minimum atomic E-state index is -0.657. The Hall–Kier alpha value is -0.570. The number of carbonyl (C=O) groups is 1. The van der Waals surface area contributed by atoms with Crippen molar-refractivity contribution in [1.82, 2.24) is 0 Å². The van der Waals surface area contributed by atoms with Gasteiger partial charge in [0.1, 0.15) is 0 Å². The molecular weight excluding hydrogens is 156 g/mol. The van der Waals surface area contributed by atoms with Gasteiger partial charge in [0.25, 0.3) is 0 Å². The van der Waals surface area contributed by atoms with Gasteiger partial charge >= 0.3 is 5.97 Å². The minimum Gasteiger partial charge on any atom is -0.481 e. The summed E-state index contributed by atoms with van der Waals surface area (Å²) in [5.41, 5.74) is -0.542. The summed E-state index contributed by atoms with van der Waals surface area (Å²) < 4.78 is 5.35. The lowest BCUT2D eigenvalue weighted by molar-refractivity contribution is -0.153. The zero-order valence-corrected chi connectivity index (χ0v) is 7.25. The van der Waals surface area contributed by atoms with Crippen molar-refractivity contribution >= 4 is 5.97 Å². The van der Waals surface area contributed by atoms with Crippen molar-refractivity contribution in [3.05, 3.63) is 0 Å². The van der Waals surface area contributed by atoms with Gasteiger partial charge in [-0.3, -0.25) is 4.79 Å². The Kier molecular flexibility index (Phi) is 1.65. The molecule has 2 unspecified atom stereocenters. The zero-order valence-electron chi connectivity index (χ0n) is 7.25. The van der Waals surface area contributed by atoms with E-state index in [-0.39, 0.29) is 6.10 Å². The number of carboxylic acids is 1. The van der Waals surface area contributed by atoms with Gasteiger partial charge < -0.3 is 9.84 Å². The average molecular weight is 170 g/mol. The molecule has 1 aliphatic heterocycles. The van der Waals surface area contributed by atoms with E-state index in [0.717, 1.165) is 12.8 Å². The van der Waals surface area contributed by atoms with Gasteiger partial charge in [0, 0.05) is 6.61 Å². The van der Waals surface area contributed by atoms with Gasteiger partial charge in [0.05, 0.1) is 11.5 Å². The summed E-state index contributed by atoms with van der Waals surface area (Å²) in [6, 6.07) is 0. The van der Waals surface area contributed by atoms with Crippen LogP contribution in [0.15, 0.2) is 0 Å². The third kappa shape index (κ3) is 0.891. The molecule has 1 saturated heterocycles. The van der Waals surface area contributed by atoms with E-state index in [9.17, 15) is 4.79 Å². The molecule has 0 spiro atoms. The Labute approximate surface area is 71.7 Å². The van der Waals surface area contributed by atoms with Crippen molar-refractivity contribution in [2.45, 2.75) is 32.3 Å². The average Bonchev–Trinajstić information content (AvgIpc) is 2.76. The number of aliphatic carboxylic acids is 1. The van der Waals surface area contributed by atoms with Crippen LogP contribution in [0.4, 0.5) is 0 Å². The molecule has 0 aromatic rings. The van der Waals surface area contributed by atoms with Crippen molar-refractivity contribution < 1.29 is 14.6 Å². The summed E-state index contributed by atoms with van der Waals surface area (Å²) in [6.45, 7) is 2.50. The quantitative estimate of drug-likeness (QED) is 0.679. The summed E-state index contributed by atoms with van der Waals surface area (Å²) in [5.74, 6) is -0.275. The van der Waals surface area contributed by atoms with Crippen molar-refractivity contribution in [2.75, 3.05) is 6.61 Å². The van der Waals surface area contributed by atoms with Crippen LogP contribution < -0.4 is 0 Å². The third-order valence-corrected chi connectivity index (χ3v) is 3.31. The van der Waals surface area contributed by atoms with Crippen LogP contribution in [-0.2, 0) is 9.53 Å². The van der Waals surface area contributed by atoms with Gasteiger partial charge in [-0.05, 0) is 32.1 Å². The Morgan fingerprint density at radius 1 is 1.58 bits per heavy atom. The molecule has 0 aromatic carbocycles. The SMILES string of the molecule is CC1OCCC1(C(=O)O)C1CC1. The first-order valence-electron chi connectivity index (χ1n) is 4.53. The molecule has 12 heavy (non-hydrogen) atoms. The van der Waals surface area contributed by atoms with Gasteiger partial charge in [-0.1, -0.05) is 0 Å². The lowest BCUT2D eigenvalue weighted by atomic mass is 9.77. The van der Waals surface area contributed by atoms with E-state index in [2.05, 4.69) is 0 Å². The Bertz CT molecular complexity index is 210. The number of ether oxygens (including phenoxy) is 1. The van der Waals surface area contributed by atoms with Crippen LogP contribution in [0.2, 0.25) is 0 Å². The first-order chi connectivity index (χ1) is 5.68. The van der Waals surface area contributed by atoms with E-state index < -0.39 is 11.4 Å². The molecule has 2 rings (SSSR count). The molecule has 1 saturated carbocycles. The largest absolute Gasteiger partial charge is 0.481 e. The molecule has 3 nitrogen and oxygen atoms in total. The van der Waals surface area contributed by atoms with Crippen LogP contribution in [0.5, 0.6) is 0 Å². The normalized spacial score (nSPS) is 41.6. The van der Waals surface area contributed by atoms with Crippen LogP contribution in [-0.4, -0.2) is 23.8 Å². The molecule has 1 heterocycles. The first kappa shape index (κ1) is 8.05.